The Bertz CT molecular complexity index is 740. The fourth-order valence-corrected chi connectivity index (χ4v) is 2.42. The highest BCUT2D eigenvalue weighted by molar-refractivity contribution is 5.62. The molecule has 1 N–H and O–H groups in total. The molecule has 0 radical (unpaired) electrons. The Morgan fingerprint density at radius 3 is 2.55 bits per heavy atom. The quantitative estimate of drug-likeness (QED) is 0.792. The minimum absolute atomic E-state index is 0.723. The van der Waals surface area contributed by atoms with Crippen molar-refractivity contribution >= 4 is 11.5 Å². The Labute approximate surface area is 117 Å². The SMILES string of the molecule is Cc1cc(C)cc(CNc2nccn3c(C)nnc23)c1. The smallest absolute Gasteiger partial charge is 0.203 e. The summed E-state index contributed by atoms with van der Waals surface area (Å²) in [4.78, 5) is 4.35. The monoisotopic (exact) mass is 267 g/mol. The average Bonchev–Trinajstić information content (AvgIpc) is 2.78. The van der Waals surface area contributed by atoms with Gasteiger partial charge < -0.3 is 5.32 Å². The summed E-state index contributed by atoms with van der Waals surface area (Å²) in [5.74, 6) is 1.61. The molecule has 0 saturated carbocycles. The molecule has 0 atom stereocenters. The number of aromatic nitrogens is 4. The molecule has 0 saturated heterocycles. The third-order valence-electron chi connectivity index (χ3n) is 3.24. The van der Waals surface area contributed by atoms with Crippen molar-refractivity contribution in [3.8, 4) is 0 Å². The molecule has 0 amide bonds. The zero-order valence-corrected chi connectivity index (χ0v) is 11.9. The normalized spacial score (nSPS) is 10.9. The van der Waals surface area contributed by atoms with Crippen molar-refractivity contribution in [3.63, 3.8) is 0 Å². The van der Waals surface area contributed by atoms with Gasteiger partial charge in [-0.25, -0.2) is 4.98 Å². The van der Waals surface area contributed by atoms with Crippen LogP contribution in [0.2, 0.25) is 0 Å². The van der Waals surface area contributed by atoms with Gasteiger partial charge in [0.2, 0.25) is 5.65 Å². The van der Waals surface area contributed by atoms with E-state index in [1.54, 1.807) is 6.20 Å². The molecule has 0 aliphatic heterocycles. The summed E-state index contributed by atoms with van der Waals surface area (Å²) >= 11 is 0. The number of hydrogen-bond acceptors (Lipinski definition) is 4. The highest BCUT2D eigenvalue weighted by atomic mass is 15.3. The molecule has 0 spiro atoms. The van der Waals surface area contributed by atoms with Crippen LogP contribution in [0.5, 0.6) is 0 Å². The molecule has 102 valence electrons. The van der Waals surface area contributed by atoms with Gasteiger partial charge in [0.25, 0.3) is 0 Å². The molecule has 5 nitrogen and oxygen atoms in total. The maximum atomic E-state index is 4.35. The van der Waals surface area contributed by atoms with E-state index in [1.165, 1.54) is 16.7 Å². The Hall–Kier alpha value is -2.43. The van der Waals surface area contributed by atoms with E-state index in [-0.39, 0.29) is 0 Å². The summed E-state index contributed by atoms with van der Waals surface area (Å²) in [5.41, 5.74) is 4.54. The number of anilines is 1. The first-order valence-corrected chi connectivity index (χ1v) is 6.61. The van der Waals surface area contributed by atoms with Crippen molar-refractivity contribution in [2.24, 2.45) is 0 Å². The lowest BCUT2D eigenvalue weighted by Crippen LogP contribution is -2.04. The first-order valence-electron chi connectivity index (χ1n) is 6.61. The second-order valence-corrected chi connectivity index (χ2v) is 5.07. The van der Waals surface area contributed by atoms with Crippen molar-refractivity contribution in [2.45, 2.75) is 27.3 Å². The summed E-state index contributed by atoms with van der Waals surface area (Å²) in [6.07, 6.45) is 3.62. The Morgan fingerprint density at radius 1 is 1.05 bits per heavy atom. The van der Waals surface area contributed by atoms with E-state index >= 15 is 0 Å². The maximum absolute atomic E-state index is 4.35. The molecule has 5 heteroatoms. The third kappa shape index (κ3) is 2.34. The van der Waals surface area contributed by atoms with E-state index in [0.29, 0.717) is 0 Å². The van der Waals surface area contributed by atoms with Crippen LogP contribution in [0, 0.1) is 20.8 Å². The highest BCUT2D eigenvalue weighted by Gasteiger charge is 2.07. The first kappa shape index (κ1) is 12.6. The van der Waals surface area contributed by atoms with E-state index in [4.69, 9.17) is 0 Å². The topological polar surface area (TPSA) is 55.1 Å². The molecule has 2 aromatic heterocycles. The summed E-state index contributed by atoms with van der Waals surface area (Å²) in [7, 11) is 0. The third-order valence-corrected chi connectivity index (χ3v) is 3.24. The number of rotatable bonds is 3. The van der Waals surface area contributed by atoms with E-state index < -0.39 is 0 Å². The van der Waals surface area contributed by atoms with Crippen molar-refractivity contribution in [1.29, 1.82) is 0 Å². The summed E-state index contributed by atoms with van der Waals surface area (Å²) < 4.78 is 1.93. The van der Waals surface area contributed by atoms with Gasteiger partial charge in [0.1, 0.15) is 5.82 Å². The largest absolute Gasteiger partial charge is 0.363 e. The number of nitrogens with zero attached hydrogens (tertiary/aromatic N) is 4. The Balaban J connectivity index is 1.86. The van der Waals surface area contributed by atoms with Crippen LogP contribution in [0.25, 0.3) is 5.65 Å². The van der Waals surface area contributed by atoms with E-state index in [0.717, 1.165) is 23.8 Å². The van der Waals surface area contributed by atoms with Crippen molar-refractivity contribution in [3.05, 3.63) is 53.1 Å². The van der Waals surface area contributed by atoms with Crippen molar-refractivity contribution < 1.29 is 0 Å². The maximum Gasteiger partial charge on any atom is 0.203 e. The van der Waals surface area contributed by atoms with E-state index in [9.17, 15) is 0 Å². The van der Waals surface area contributed by atoms with Crippen molar-refractivity contribution in [1.82, 2.24) is 19.6 Å². The zero-order chi connectivity index (χ0) is 14.1. The summed E-state index contributed by atoms with van der Waals surface area (Å²) in [6, 6.07) is 6.52. The fraction of sp³-hybridized carbons (Fsp3) is 0.267. The van der Waals surface area contributed by atoms with Gasteiger partial charge in [-0.05, 0) is 26.3 Å². The number of fused-ring (bicyclic) bond motifs is 1. The molecule has 0 bridgehead atoms. The molecular weight excluding hydrogens is 250 g/mol. The molecular formula is C15H17N5. The molecule has 20 heavy (non-hydrogen) atoms. The molecule has 0 aliphatic carbocycles. The van der Waals surface area contributed by atoms with Crippen LogP contribution in [0.1, 0.15) is 22.5 Å². The Morgan fingerprint density at radius 2 is 1.80 bits per heavy atom. The van der Waals surface area contributed by atoms with Crippen LogP contribution in [0.4, 0.5) is 5.82 Å². The summed E-state index contributed by atoms with van der Waals surface area (Å²) in [5, 5.41) is 11.6. The first-order chi connectivity index (χ1) is 9.63. The molecule has 0 fully saturated rings. The van der Waals surface area contributed by atoms with Gasteiger partial charge in [0.15, 0.2) is 5.82 Å². The molecule has 3 rings (SSSR count). The number of aryl methyl sites for hydroxylation is 3. The lowest BCUT2D eigenvalue weighted by Gasteiger charge is -2.08. The average molecular weight is 267 g/mol. The van der Waals surface area contributed by atoms with E-state index in [1.807, 2.05) is 17.5 Å². The van der Waals surface area contributed by atoms with Gasteiger partial charge in [-0.3, -0.25) is 4.40 Å². The summed E-state index contributed by atoms with van der Waals surface area (Å²) in [6.45, 7) is 6.86. The Kier molecular flexibility index (Phi) is 3.10. The minimum atomic E-state index is 0.723. The lowest BCUT2D eigenvalue weighted by molar-refractivity contribution is 1.000. The predicted molar refractivity (Wildman–Crippen MR) is 78.8 cm³/mol. The van der Waals surface area contributed by atoms with Gasteiger partial charge in [0, 0.05) is 18.9 Å². The minimum Gasteiger partial charge on any atom is -0.363 e. The van der Waals surface area contributed by atoms with Crippen LogP contribution < -0.4 is 5.32 Å². The van der Waals surface area contributed by atoms with Crippen LogP contribution >= 0.6 is 0 Å². The second-order valence-electron chi connectivity index (χ2n) is 5.07. The van der Waals surface area contributed by atoms with Gasteiger partial charge in [-0.1, -0.05) is 29.3 Å². The van der Waals surface area contributed by atoms with Crippen LogP contribution in [-0.2, 0) is 6.54 Å². The molecule has 1 aromatic carbocycles. The molecule has 3 aromatic rings. The van der Waals surface area contributed by atoms with Crippen molar-refractivity contribution in [2.75, 3.05) is 5.32 Å². The molecule has 2 heterocycles. The number of nitrogens with one attached hydrogen (secondary N) is 1. The van der Waals surface area contributed by atoms with Crippen LogP contribution in [-0.4, -0.2) is 19.6 Å². The zero-order valence-electron chi connectivity index (χ0n) is 11.9. The highest BCUT2D eigenvalue weighted by Crippen LogP contribution is 2.15. The van der Waals surface area contributed by atoms with Gasteiger partial charge in [0.05, 0.1) is 0 Å². The predicted octanol–water partition coefficient (Wildman–Crippen LogP) is 2.66. The van der Waals surface area contributed by atoms with Gasteiger partial charge >= 0.3 is 0 Å². The van der Waals surface area contributed by atoms with E-state index in [2.05, 4.69) is 52.5 Å². The van der Waals surface area contributed by atoms with Gasteiger partial charge in [-0.15, -0.1) is 10.2 Å². The standard InChI is InChI=1S/C15H17N5/c1-10-6-11(2)8-13(7-10)9-17-14-15-19-18-12(3)20(15)5-4-16-14/h4-8H,9H2,1-3H3,(H,16,17). The fourth-order valence-electron chi connectivity index (χ4n) is 2.42. The van der Waals surface area contributed by atoms with Gasteiger partial charge in [-0.2, -0.15) is 0 Å². The lowest BCUT2D eigenvalue weighted by atomic mass is 10.1. The molecule has 0 aliphatic rings. The van der Waals surface area contributed by atoms with Crippen LogP contribution in [0.15, 0.2) is 30.6 Å². The number of benzene rings is 1. The molecule has 0 unspecified atom stereocenters. The number of hydrogen-bond donors (Lipinski definition) is 1. The second kappa shape index (κ2) is 4.92. The van der Waals surface area contributed by atoms with Crippen LogP contribution in [0.3, 0.4) is 0 Å².